The number of tetrazole rings is 1. The monoisotopic (exact) mass is 369 g/mol. The van der Waals surface area contributed by atoms with Gasteiger partial charge in [0, 0.05) is 5.69 Å². The third-order valence-corrected chi connectivity index (χ3v) is 4.04. The van der Waals surface area contributed by atoms with Gasteiger partial charge < -0.3 is 5.32 Å². The number of hydrogen-bond acceptors (Lipinski definition) is 5. The molecule has 136 valence electrons. The second-order valence-corrected chi connectivity index (χ2v) is 5.94. The van der Waals surface area contributed by atoms with Crippen LogP contribution in [0.2, 0.25) is 0 Å². The zero-order valence-electron chi connectivity index (χ0n) is 14.3. The summed E-state index contributed by atoms with van der Waals surface area (Å²) in [5.41, 5.74) is 1.75. The van der Waals surface area contributed by atoms with Crippen LogP contribution in [-0.4, -0.2) is 35.7 Å². The highest BCUT2D eigenvalue weighted by Crippen LogP contribution is 2.27. The minimum atomic E-state index is -0.523. The first-order valence-corrected chi connectivity index (χ1v) is 7.91. The van der Waals surface area contributed by atoms with Crippen molar-refractivity contribution in [3.8, 4) is 11.4 Å². The third kappa shape index (κ3) is 3.01. The molecule has 4 rings (SSSR count). The lowest BCUT2D eigenvalue weighted by Gasteiger charge is -2.10. The van der Waals surface area contributed by atoms with Crippen LogP contribution in [0.3, 0.4) is 0 Å². The predicted molar refractivity (Wildman–Crippen MR) is 92.0 cm³/mol. The van der Waals surface area contributed by atoms with Crippen LogP contribution in [0.1, 0.15) is 15.9 Å². The van der Waals surface area contributed by atoms with Crippen molar-refractivity contribution in [1.29, 1.82) is 0 Å². The van der Waals surface area contributed by atoms with Gasteiger partial charge in [0.15, 0.2) is 0 Å². The Bertz CT molecular complexity index is 1180. The number of aryl methyl sites for hydroxylation is 2. The average molecular weight is 369 g/mol. The second kappa shape index (κ2) is 6.24. The van der Waals surface area contributed by atoms with Gasteiger partial charge >= 0.3 is 0 Å². The van der Waals surface area contributed by atoms with Crippen LogP contribution in [0, 0.1) is 18.6 Å². The first-order chi connectivity index (χ1) is 12.9. The number of halogens is 2. The summed E-state index contributed by atoms with van der Waals surface area (Å²) >= 11 is 0. The zero-order valence-corrected chi connectivity index (χ0v) is 14.3. The normalized spacial score (nSPS) is 11.1. The zero-order chi connectivity index (χ0) is 19.1. The van der Waals surface area contributed by atoms with E-state index in [4.69, 9.17) is 0 Å². The summed E-state index contributed by atoms with van der Waals surface area (Å²) in [5, 5.41) is 18.2. The summed E-state index contributed by atoms with van der Waals surface area (Å²) < 4.78 is 28.9. The van der Waals surface area contributed by atoms with Crippen LogP contribution in [0.25, 0.3) is 16.9 Å². The number of aromatic nitrogens is 6. The number of pyridine rings is 1. The van der Waals surface area contributed by atoms with E-state index in [1.54, 1.807) is 14.0 Å². The Morgan fingerprint density at radius 1 is 1.22 bits per heavy atom. The van der Waals surface area contributed by atoms with Gasteiger partial charge in [-0.3, -0.25) is 4.79 Å². The summed E-state index contributed by atoms with van der Waals surface area (Å²) in [5.74, 6) is -1.33. The topological polar surface area (TPSA) is 90.0 Å². The largest absolute Gasteiger partial charge is 0.322 e. The Morgan fingerprint density at radius 2 is 2.04 bits per heavy atom. The number of benzene rings is 1. The lowest BCUT2D eigenvalue weighted by molar-refractivity contribution is 0.102. The molecule has 0 atom stereocenters. The standard InChI is InChI=1S/C17H13F2N7O/c1-9-5-13(19)11(16-22-24-25(2)23-16)6-14(9)21-17(27)12-7-20-26-8-10(18)3-4-15(12)26/h3-8H,1-2H3,(H,21,27). The number of anilines is 1. The highest BCUT2D eigenvalue weighted by atomic mass is 19.1. The van der Waals surface area contributed by atoms with Gasteiger partial charge in [0.2, 0.25) is 5.82 Å². The van der Waals surface area contributed by atoms with Crippen LogP contribution >= 0.6 is 0 Å². The van der Waals surface area contributed by atoms with Crippen LogP contribution in [0.5, 0.6) is 0 Å². The van der Waals surface area contributed by atoms with E-state index in [1.165, 1.54) is 46.0 Å². The second-order valence-electron chi connectivity index (χ2n) is 5.94. The number of amides is 1. The fourth-order valence-corrected chi connectivity index (χ4v) is 2.69. The Balaban J connectivity index is 1.70. The molecular formula is C17H13F2N7O. The SMILES string of the molecule is Cc1cc(F)c(-c2nnn(C)n2)cc1NC(=O)c1cnn2cc(F)ccc12. The molecule has 8 nitrogen and oxygen atoms in total. The minimum absolute atomic E-state index is 0.108. The van der Waals surface area contributed by atoms with E-state index in [1.807, 2.05) is 0 Å². The van der Waals surface area contributed by atoms with E-state index in [0.29, 0.717) is 16.8 Å². The average Bonchev–Trinajstić information content (AvgIpc) is 3.23. The molecule has 3 heterocycles. The summed E-state index contributed by atoms with van der Waals surface area (Å²) in [4.78, 5) is 13.9. The van der Waals surface area contributed by atoms with E-state index in [-0.39, 0.29) is 17.0 Å². The molecule has 0 saturated carbocycles. The molecule has 1 amide bonds. The van der Waals surface area contributed by atoms with E-state index >= 15 is 0 Å². The quantitative estimate of drug-likeness (QED) is 0.599. The lowest BCUT2D eigenvalue weighted by Crippen LogP contribution is -2.13. The van der Waals surface area contributed by atoms with Gasteiger partial charge in [-0.2, -0.15) is 9.90 Å². The molecule has 10 heteroatoms. The molecule has 27 heavy (non-hydrogen) atoms. The van der Waals surface area contributed by atoms with Crippen molar-refractivity contribution in [1.82, 2.24) is 29.8 Å². The molecule has 1 N–H and O–H groups in total. The highest BCUT2D eigenvalue weighted by Gasteiger charge is 2.18. The van der Waals surface area contributed by atoms with Gasteiger partial charge in [-0.25, -0.2) is 13.3 Å². The molecule has 0 aliphatic heterocycles. The molecule has 0 spiro atoms. The van der Waals surface area contributed by atoms with Gasteiger partial charge in [0.1, 0.15) is 11.6 Å². The minimum Gasteiger partial charge on any atom is -0.322 e. The maximum atomic E-state index is 14.3. The Morgan fingerprint density at radius 3 is 2.78 bits per heavy atom. The van der Waals surface area contributed by atoms with Crippen LogP contribution in [0.15, 0.2) is 36.7 Å². The van der Waals surface area contributed by atoms with Gasteiger partial charge in [0.05, 0.1) is 36.1 Å². The van der Waals surface area contributed by atoms with E-state index in [2.05, 4.69) is 25.8 Å². The lowest BCUT2D eigenvalue weighted by atomic mass is 10.1. The van der Waals surface area contributed by atoms with Gasteiger partial charge in [-0.1, -0.05) is 0 Å². The molecule has 0 saturated heterocycles. The fourth-order valence-electron chi connectivity index (χ4n) is 2.69. The van der Waals surface area contributed by atoms with Crippen molar-refractivity contribution in [2.45, 2.75) is 6.92 Å². The van der Waals surface area contributed by atoms with Crippen molar-refractivity contribution >= 4 is 17.1 Å². The number of carbonyl (C=O) groups excluding carboxylic acids is 1. The first kappa shape index (κ1) is 16.8. The fraction of sp³-hybridized carbons (Fsp3) is 0.118. The molecule has 0 bridgehead atoms. The third-order valence-electron chi connectivity index (χ3n) is 4.04. The number of carbonyl (C=O) groups is 1. The first-order valence-electron chi connectivity index (χ1n) is 7.91. The molecule has 0 fully saturated rings. The number of nitrogens with zero attached hydrogens (tertiary/aromatic N) is 6. The Labute approximate surface area is 151 Å². The number of hydrogen-bond donors (Lipinski definition) is 1. The van der Waals surface area contributed by atoms with Crippen molar-refractivity contribution < 1.29 is 13.6 Å². The molecule has 0 unspecified atom stereocenters. The van der Waals surface area contributed by atoms with E-state index in [9.17, 15) is 13.6 Å². The maximum Gasteiger partial charge on any atom is 0.259 e. The molecule has 0 radical (unpaired) electrons. The highest BCUT2D eigenvalue weighted by molar-refractivity contribution is 6.09. The smallest absolute Gasteiger partial charge is 0.259 e. The number of fused-ring (bicyclic) bond motifs is 1. The van der Waals surface area contributed by atoms with E-state index in [0.717, 1.165) is 0 Å². The van der Waals surface area contributed by atoms with Gasteiger partial charge in [0.25, 0.3) is 5.91 Å². The van der Waals surface area contributed by atoms with Crippen LogP contribution in [-0.2, 0) is 7.05 Å². The Kier molecular flexibility index (Phi) is 3.87. The van der Waals surface area contributed by atoms with E-state index < -0.39 is 17.5 Å². The summed E-state index contributed by atoms with van der Waals surface area (Å²) in [6.07, 6.45) is 2.52. The van der Waals surface area contributed by atoms with Crippen molar-refractivity contribution in [3.05, 3.63) is 59.4 Å². The Hall–Kier alpha value is -3.69. The van der Waals surface area contributed by atoms with Gasteiger partial charge in [-0.15, -0.1) is 10.2 Å². The number of rotatable bonds is 3. The number of nitrogens with one attached hydrogen (secondary N) is 1. The van der Waals surface area contributed by atoms with Crippen molar-refractivity contribution in [2.24, 2.45) is 7.05 Å². The van der Waals surface area contributed by atoms with Crippen LogP contribution < -0.4 is 5.32 Å². The molecule has 1 aromatic carbocycles. The molecule has 0 aliphatic carbocycles. The van der Waals surface area contributed by atoms with Gasteiger partial charge in [-0.05, 0) is 42.0 Å². The summed E-state index contributed by atoms with van der Waals surface area (Å²) in [6, 6.07) is 5.44. The van der Waals surface area contributed by atoms with Crippen molar-refractivity contribution in [3.63, 3.8) is 0 Å². The van der Waals surface area contributed by atoms with Crippen LogP contribution in [0.4, 0.5) is 14.5 Å². The molecule has 3 aromatic heterocycles. The molecule has 4 aromatic rings. The summed E-state index contributed by atoms with van der Waals surface area (Å²) in [7, 11) is 1.57. The predicted octanol–water partition coefficient (Wildman–Crippen LogP) is 2.36. The van der Waals surface area contributed by atoms with Crippen molar-refractivity contribution in [2.75, 3.05) is 5.32 Å². The molecule has 0 aliphatic rings. The molecular weight excluding hydrogens is 356 g/mol. The summed E-state index contributed by atoms with van der Waals surface area (Å²) in [6.45, 7) is 1.66. The maximum absolute atomic E-state index is 14.3.